The lowest BCUT2D eigenvalue weighted by Gasteiger charge is -2.38. The second kappa shape index (κ2) is 7.55. The van der Waals surface area contributed by atoms with Crippen LogP contribution in [0.4, 0.5) is 4.39 Å². The van der Waals surface area contributed by atoms with Crippen LogP contribution < -0.4 is 0 Å². The molecule has 5 heteroatoms. The number of hydrogen-bond acceptors (Lipinski definition) is 3. The lowest BCUT2D eigenvalue weighted by molar-refractivity contribution is -0.150. The molecule has 1 fully saturated rings. The van der Waals surface area contributed by atoms with Crippen LogP contribution in [0.1, 0.15) is 23.3 Å². The van der Waals surface area contributed by atoms with Gasteiger partial charge in [-0.05, 0) is 23.3 Å². The Labute approximate surface area is 140 Å². The monoisotopic (exact) mass is 329 g/mol. The standard InChI is InChI=1S/C19H20FNO3/c1-23-13-19(22)21-11-17(14-5-3-2-4-6-14)24-18(12-21)15-7-9-16(20)10-8-15/h2-10,17-18H,11-13H2,1H3/t17-,18-/m1/s1. The first-order valence-electron chi connectivity index (χ1n) is 7.90. The summed E-state index contributed by atoms with van der Waals surface area (Å²) < 4.78 is 24.4. The van der Waals surface area contributed by atoms with Crippen molar-refractivity contribution in [2.24, 2.45) is 0 Å². The Kier molecular flexibility index (Phi) is 5.23. The number of carbonyl (C=O) groups is 1. The Morgan fingerprint density at radius 3 is 2.25 bits per heavy atom. The van der Waals surface area contributed by atoms with Gasteiger partial charge in [0.1, 0.15) is 24.6 Å². The number of hydrogen-bond donors (Lipinski definition) is 0. The highest BCUT2D eigenvalue weighted by molar-refractivity contribution is 5.77. The molecule has 4 nitrogen and oxygen atoms in total. The van der Waals surface area contributed by atoms with Crippen LogP contribution in [0.25, 0.3) is 0 Å². The molecule has 1 aliphatic heterocycles. The highest BCUT2D eigenvalue weighted by Crippen LogP contribution is 2.33. The number of rotatable bonds is 4. The number of morpholine rings is 1. The van der Waals surface area contributed by atoms with Crippen LogP contribution in [-0.2, 0) is 14.3 Å². The fourth-order valence-corrected chi connectivity index (χ4v) is 2.89. The minimum Gasteiger partial charge on any atom is -0.375 e. The molecular formula is C19H20FNO3. The number of ether oxygens (including phenoxy) is 2. The van der Waals surface area contributed by atoms with Gasteiger partial charge in [-0.3, -0.25) is 4.79 Å². The summed E-state index contributed by atoms with van der Waals surface area (Å²) in [7, 11) is 1.50. The molecule has 0 saturated carbocycles. The van der Waals surface area contributed by atoms with Crippen LogP contribution in [0.15, 0.2) is 54.6 Å². The first kappa shape index (κ1) is 16.6. The van der Waals surface area contributed by atoms with E-state index in [2.05, 4.69) is 0 Å². The van der Waals surface area contributed by atoms with Gasteiger partial charge in [0.25, 0.3) is 0 Å². The van der Waals surface area contributed by atoms with Crippen LogP contribution in [0, 0.1) is 5.82 Å². The molecular weight excluding hydrogens is 309 g/mol. The number of benzene rings is 2. The zero-order chi connectivity index (χ0) is 16.9. The van der Waals surface area contributed by atoms with Crippen molar-refractivity contribution in [2.75, 3.05) is 26.8 Å². The molecule has 0 aliphatic carbocycles. The van der Waals surface area contributed by atoms with Crippen LogP contribution in [0.5, 0.6) is 0 Å². The fraction of sp³-hybridized carbons (Fsp3) is 0.316. The summed E-state index contributed by atoms with van der Waals surface area (Å²) in [6, 6.07) is 16.0. The molecule has 0 radical (unpaired) electrons. The molecule has 126 valence electrons. The van der Waals surface area contributed by atoms with Gasteiger partial charge in [0.05, 0.1) is 13.1 Å². The molecule has 0 aromatic heterocycles. The van der Waals surface area contributed by atoms with Crippen molar-refractivity contribution in [2.45, 2.75) is 12.2 Å². The molecule has 24 heavy (non-hydrogen) atoms. The molecule has 3 rings (SSSR count). The summed E-state index contributed by atoms with van der Waals surface area (Å²) in [5.41, 5.74) is 1.87. The Bertz CT molecular complexity index is 675. The van der Waals surface area contributed by atoms with E-state index in [0.717, 1.165) is 11.1 Å². The second-order valence-electron chi connectivity index (χ2n) is 5.81. The predicted octanol–water partition coefficient (Wildman–Crippen LogP) is 3.11. The smallest absolute Gasteiger partial charge is 0.248 e. The van der Waals surface area contributed by atoms with Gasteiger partial charge in [0, 0.05) is 7.11 Å². The molecule has 0 spiro atoms. The number of halogens is 1. The first-order chi connectivity index (χ1) is 11.7. The molecule has 1 heterocycles. The predicted molar refractivity (Wildman–Crippen MR) is 87.9 cm³/mol. The summed E-state index contributed by atoms with van der Waals surface area (Å²) in [6.45, 7) is 0.943. The fourth-order valence-electron chi connectivity index (χ4n) is 2.89. The van der Waals surface area contributed by atoms with Crippen LogP contribution in [0.2, 0.25) is 0 Å². The minimum atomic E-state index is -0.301. The van der Waals surface area contributed by atoms with E-state index in [1.165, 1.54) is 19.2 Å². The number of methoxy groups -OCH3 is 1. The topological polar surface area (TPSA) is 38.8 Å². The van der Waals surface area contributed by atoms with Gasteiger partial charge < -0.3 is 14.4 Å². The third-order valence-electron chi connectivity index (χ3n) is 4.13. The van der Waals surface area contributed by atoms with E-state index in [9.17, 15) is 9.18 Å². The molecule has 0 N–H and O–H groups in total. The lowest BCUT2D eigenvalue weighted by atomic mass is 10.0. The van der Waals surface area contributed by atoms with Crippen molar-refractivity contribution in [3.63, 3.8) is 0 Å². The van der Waals surface area contributed by atoms with Crippen LogP contribution in [0.3, 0.4) is 0 Å². The normalized spacial score (nSPS) is 20.8. The first-order valence-corrected chi connectivity index (χ1v) is 7.90. The summed E-state index contributed by atoms with van der Waals surface area (Å²) >= 11 is 0. The maximum Gasteiger partial charge on any atom is 0.248 e. The van der Waals surface area contributed by atoms with Crippen LogP contribution >= 0.6 is 0 Å². The third kappa shape index (κ3) is 3.80. The molecule has 0 unspecified atom stereocenters. The van der Waals surface area contributed by atoms with E-state index in [4.69, 9.17) is 9.47 Å². The highest BCUT2D eigenvalue weighted by Gasteiger charge is 2.32. The van der Waals surface area contributed by atoms with E-state index in [1.54, 1.807) is 17.0 Å². The van der Waals surface area contributed by atoms with Gasteiger partial charge in [-0.1, -0.05) is 42.5 Å². The molecule has 1 aliphatic rings. The van der Waals surface area contributed by atoms with E-state index < -0.39 is 0 Å². The van der Waals surface area contributed by atoms with Crippen LogP contribution in [-0.4, -0.2) is 37.6 Å². The summed E-state index contributed by atoms with van der Waals surface area (Å²) in [5.74, 6) is -0.365. The molecule has 1 saturated heterocycles. The van der Waals surface area contributed by atoms with Gasteiger partial charge in [-0.2, -0.15) is 0 Å². The zero-order valence-corrected chi connectivity index (χ0v) is 13.5. The highest BCUT2D eigenvalue weighted by atomic mass is 19.1. The number of nitrogens with zero attached hydrogens (tertiary/aromatic N) is 1. The largest absolute Gasteiger partial charge is 0.375 e. The van der Waals surface area contributed by atoms with Gasteiger partial charge in [0.2, 0.25) is 5.91 Å². The summed E-state index contributed by atoms with van der Waals surface area (Å²) in [5, 5.41) is 0. The molecule has 2 atom stereocenters. The van der Waals surface area contributed by atoms with Crippen molar-refractivity contribution >= 4 is 5.91 Å². The van der Waals surface area contributed by atoms with Crippen molar-refractivity contribution in [3.05, 3.63) is 71.5 Å². The second-order valence-corrected chi connectivity index (χ2v) is 5.81. The maximum atomic E-state index is 13.2. The van der Waals surface area contributed by atoms with E-state index in [-0.39, 0.29) is 30.5 Å². The zero-order valence-electron chi connectivity index (χ0n) is 13.5. The Balaban J connectivity index is 1.85. The van der Waals surface area contributed by atoms with Crippen molar-refractivity contribution in [3.8, 4) is 0 Å². The lowest BCUT2D eigenvalue weighted by Crippen LogP contribution is -2.45. The van der Waals surface area contributed by atoms with Gasteiger partial charge in [-0.25, -0.2) is 4.39 Å². The van der Waals surface area contributed by atoms with Crippen molar-refractivity contribution < 1.29 is 18.7 Å². The summed E-state index contributed by atoms with van der Waals surface area (Å²) in [4.78, 5) is 14.0. The average Bonchev–Trinajstić information content (AvgIpc) is 2.63. The SMILES string of the molecule is COCC(=O)N1C[C@H](c2ccccc2)O[C@@H](c2ccc(F)cc2)C1. The Hall–Kier alpha value is -2.24. The van der Waals surface area contributed by atoms with Crippen molar-refractivity contribution in [1.82, 2.24) is 4.90 Å². The third-order valence-corrected chi connectivity index (χ3v) is 4.13. The van der Waals surface area contributed by atoms with Gasteiger partial charge in [-0.15, -0.1) is 0 Å². The molecule has 0 bridgehead atoms. The van der Waals surface area contributed by atoms with E-state index in [1.807, 2.05) is 30.3 Å². The molecule has 1 amide bonds. The Morgan fingerprint density at radius 2 is 1.67 bits per heavy atom. The number of carbonyl (C=O) groups excluding carboxylic acids is 1. The van der Waals surface area contributed by atoms with Gasteiger partial charge in [0.15, 0.2) is 0 Å². The quantitative estimate of drug-likeness (QED) is 0.865. The molecule has 2 aromatic rings. The van der Waals surface area contributed by atoms with Gasteiger partial charge >= 0.3 is 0 Å². The van der Waals surface area contributed by atoms with E-state index in [0.29, 0.717) is 13.1 Å². The number of amides is 1. The minimum absolute atomic E-state index is 0.0393. The van der Waals surface area contributed by atoms with E-state index >= 15 is 0 Å². The Morgan fingerprint density at radius 1 is 1.08 bits per heavy atom. The van der Waals surface area contributed by atoms with Crippen molar-refractivity contribution in [1.29, 1.82) is 0 Å². The average molecular weight is 329 g/mol. The maximum absolute atomic E-state index is 13.2. The molecule has 2 aromatic carbocycles. The summed E-state index contributed by atoms with van der Waals surface area (Å²) in [6.07, 6.45) is -0.527.